The second-order valence-corrected chi connectivity index (χ2v) is 2.66. The Balaban J connectivity index is 2.64. The molecule has 3 N–H and O–H groups in total. The normalized spacial score (nSPS) is 12.1. The van der Waals surface area contributed by atoms with E-state index in [1.54, 1.807) is 19.1 Å². The Kier molecular flexibility index (Phi) is 2.74. The van der Waals surface area contributed by atoms with Gasteiger partial charge in [0.05, 0.1) is 0 Å². The van der Waals surface area contributed by atoms with Gasteiger partial charge < -0.3 is 15.6 Å². The van der Waals surface area contributed by atoms with Crippen molar-refractivity contribution in [1.29, 1.82) is 0 Å². The lowest BCUT2D eigenvalue weighted by Crippen LogP contribution is -2.30. The number of nitrogens with two attached hydrogens (primary N) is 1. The van der Waals surface area contributed by atoms with Crippen molar-refractivity contribution in [2.45, 2.75) is 13.0 Å². The largest absolute Gasteiger partial charge is 0.508 e. The number of benzene rings is 1. The van der Waals surface area contributed by atoms with Gasteiger partial charge in [0, 0.05) is 0 Å². The lowest BCUT2D eigenvalue weighted by molar-refractivity contribution is -0.123. The fourth-order valence-electron chi connectivity index (χ4n) is 0.787. The van der Waals surface area contributed by atoms with Crippen LogP contribution in [0.5, 0.6) is 11.5 Å². The number of aromatic hydroxyl groups is 1. The van der Waals surface area contributed by atoms with Gasteiger partial charge in [-0.05, 0) is 31.2 Å². The molecule has 0 heterocycles. The molecule has 0 fully saturated rings. The van der Waals surface area contributed by atoms with Gasteiger partial charge in [-0.2, -0.15) is 0 Å². The minimum atomic E-state index is -0.662. The van der Waals surface area contributed by atoms with Crippen LogP contribution >= 0.6 is 0 Å². The highest BCUT2D eigenvalue weighted by Crippen LogP contribution is 2.16. The van der Waals surface area contributed by atoms with Crippen molar-refractivity contribution in [3.63, 3.8) is 0 Å². The average Bonchev–Trinajstić information content (AvgIpc) is 2.08. The first-order valence-corrected chi connectivity index (χ1v) is 3.84. The number of phenolic OH excluding ortho intramolecular Hbond substituents is 1. The molecule has 70 valence electrons. The molecular weight excluding hydrogens is 170 g/mol. The van der Waals surface area contributed by atoms with Crippen LogP contribution in [0.3, 0.4) is 0 Å². The topological polar surface area (TPSA) is 72.6 Å². The van der Waals surface area contributed by atoms with E-state index >= 15 is 0 Å². The summed E-state index contributed by atoms with van der Waals surface area (Å²) >= 11 is 0. The van der Waals surface area contributed by atoms with Gasteiger partial charge in [-0.25, -0.2) is 0 Å². The third-order valence-electron chi connectivity index (χ3n) is 1.55. The first-order valence-electron chi connectivity index (χ1n) is 3.84. The predicted molar refractivity (Wildman–Crippen MR) is 47.4 cm³/mol. The maximum atomic E-state index is 10.6. The summed E-state index contributed by atoms with van der Waals surface area (Å²) in [7, 11) is 0. The van der Waals surface area contributed by atoms with Gasteiger partial charge in [-0.15, -0.1) is 0 Å². The predicted octanol–water partition coefficient (Wildman–Crippen LogP) is 0.645. The third-order valence-corrected chi connectivity index (χ3v) is 1.55. The molecule has 0 aliphatic carbocycles. The highest BCUT2D eigenvalue weighted by atomic mass is 16.5. The van der Waals surface area contributed by atoms with Gasteiger partial charge in [0.1, 0.15) is 11.5 Å². The Morgan fingerprint density at radius 2 is 2.00 bits per heavy atom. The number of carbonyl (C=O) groups is 1. The maximum absolute atomic E-state index is 10.6. The fourth-order valence-corrected chi connectivity index (χ4v) is 0.787. The van der Waals surface area contributed by atoms with E-state index in [0.717, 1.165) is 0 Å². The first kappa shape index (κ1) is 9.38. The maximum Gasteiger partial charge on any atom is 0.258 e. The summed E-state index contributed by atoms with van der Waals surface area (Å²) in [6, 6.07) is 6.08. The number of phenols is 1. The molecule has 1 amide bonds. The Bertz CT molecular complexity index is 294. The minimum Gasteiger partial charge on any atom is -0.508 e. The van der Waals surface area contributed by atoms with Crippen LogP contribution in [0.2, 0.25) is 0 Å². The standard InChI is InChI=1S/C9H11NO3/c1-6(9(10)12)13-8-4-2-7(11)3-5-8/h2-6,11H,1H3,(H2,10,12). The van der Waals surface area contributed by atoms with Gasteiger partial charge in [0.2, 0.25) is 0 Å². The molecule has 4 nitrogen and oxygen atoms in total. The van der Waals surface area contributed by atoms with E-state index in [4.69, 9.17) is 15.6 Å². The van der Waals surface area contributed by atoms with Crippen molar-refractivity contribution >= 4 is 5.91 Å². The number of carbonyl (C=O) groups excluding carboxylic acids is 1. The zero-order chi connectivity index (χ0) is 9.84. The molecule has 0 radical (unpaired) electrons. The number of amides is 1. The molecule has 1 atom stereocenters. The van der Waals surface area contributed by atoms with Crippen molar-refractivity contribution in [2.75, 3.05) is 0 Å². The number of hydrogen-bond donors (Lipinski definition) is 2. The van der Waals surface area contributed by atoms with E-state index in [0.29, 0.717) is 5.75 Å². The van der Waals surface area contributed by atoms with Crippen molar-refractivity contribution < 1.29 is 14.6 Å². The van der Waals surface area contributed by atoms with E-state index < -0.39 is 12.0 Å². The average molecular weight is 181 g/mol. The SMILES string of the molecule is CC(Oc1ccc(O)cc1)C(N)=O. The van der Waals surface area contributed by atoms with Gasteiger partial charge in [0.15, 0.2) is 6.10 Å². The van der Waals surface area contributed by atoms with Crippen molar-refractivity contribution in [3.05, 3.63) is 24.3 Å². The summed E-state index contributed by atoms with van der Waals surface area (Å²) in [6.45, 7) is 1.56. The van der Waals surface area contributed by atoms with Crippen molar-refractivity contribution in [1.82, 2.24) is 0 Å². The highest BCUT2D eigenvalue weighted by Gasteiger charge is 2.09. The molecule has 4 heteroatoms. The van der Waals surface area contributed by atoms with Crippen LogP contribution in [-0.4, -0.2) is 17.1 Å². The summed E-state index contributed by atoms with van der Waals surface area (Å²) in [5, 5.41) is 8.95. The number of ether oxygens (including phenoxy) is 1. The lowest BCUT2D eigenvalue weighted by Gasteiger charge is -2.10. The molecule has 0 aliphatic heterocycles. The Morgan fingerprint density at radius 1 is 1.46 bits per heavy atom. The van der Waals surface area contributed by atoms with Crippen LogP contribution in [0.4, 0.5) is 0 Å². The van der Waals surface area contributed by atoms with Gasteiger partial charge in [-0.1, -0.05) is 0 Å². The molecule has 1 unspecified atom stereocenters. The van der Waals surface area contributed by atoms with E-state index in [-0.39, 0.29) is 5.75 Å². The molecule has 1 aromatic rings. The quantitative estimate of drug-likeness (QED) is 0.718. The van der Waals surface area contributed by atoms with Gasteiger partial charge in [0.25, 0.3) is 5.91 Å². The zero-order valence-electron chi connectivity index (χ0n) is 7.23. The second-order valence-electron chi connectivity index (χ2n) is 2.66. The van der Waals surface area contributed by atoms with E-state index in [2.05, 4.69) is 0 Å². The van der Waals surface area contributed by atoms with Crippen LogP contribution in [0, 0.1) is 0 Å². The Hall–Kier alpha value is -1.71. The molecule has 1 aromatic carbocycles. The molecule has 0 saturated heterocycles. The molecule has 0 aliphatic rings. The molecule has 0 saturated carbocycles. The van der Waals surface area contributed by atoms with Crippen molar-refractivity contribution in [3.8, 4) is 11.5 Å². The van der Waals surface area contributed by atoms with E-state index in [1.807, 2.05) is 0 Å². The first-order chi connectivity index (χ1) is 6.09. The summed E-state index contributed by atoms with van der Waals surface area (Å²) in [6.07, 6.45) is -0.662. The summed E-state index contributed by atoms with van der Waals surface area (Å²) < 4.78 is 5.15. The monoisotopic (exact) mass is 181 g/mol. The molecular formula is C9H11NO3. The van der Waals surface area contributed by atoms with Crippen LogP contribution in [0.1, 0.15) is 6.92 Å². The van der Waals surface area contributed by atoms with Crippen LogP contribution < -0.4 is 10.5 Å². The lowest BCUT2D eigenvalue weighted by atomic mass is 10.3. The molecule has 0 aromatic heterocycles. The molecule has 0 spiro atoms. The second kappa shape index (κ2) is 3.80. The van der Waals surface area contributed by atoms with Crippen molar-refractivity contribution in [2.24, 2.45) is 5.73 Å². The number of hydrogen-bond acceptors (Lipinski definition) is 3. The van der Waals surface area contributed by atoms with Gasteiger partial charge >= 0.3 is 0 Å². The summed E-state index contributed by atoms with van der Waals surface area (Å²) in [5.41, 5.74) is 5.00. The molecule has 13 heavy (non-hydrogen) atoms. The number of rotatable bonds is 3. The van der Waals surface area contributed by atoms with Crippen LogP contribution in [-0.2, 0) is 4.79 Å². The Labute approximate surface area is 75.9 Å². The number of primary amides is 1. The Morgan fingerprint density at radius 3 is 2.46 bits per heavy atom. The molecule has 0 bridgehead atoms. The highest BCUT2D eigenvalue weighted by molar-refractivity contribution is 5.78. The third kappa shape index (κ3) is 2.66. The fraction of sp³-hybridized carbons (Fsp3) is 0.222. The van der Waals surface area contributed by atoms with E-state index in [1.165, 1.54) is 12.1 Å². The van der Waals surface area contributed by atoms with E-state index in [9.17, 15) is 4.79 Å². The zero-order valence-corrected chi connectivity index (χ0v) is 7.23. The molecule has 1 rings (SSSR count). The summed E-state index contributed by atoms with van der Waals surface area (Å²) in [5.74, 6) is 0.135. The van der Waals surface area contributed by atoms with Gasteiger partial charge in [-0.3, -0.25) is 4.79 Å². The minimum absolute atomic E-state index is 0.152. The smallest absolute Gasteiger partial charge is 0.258 e. The summed E-state index contributed by atoms with van der Waals surface area (Å²) in [4.78, 5) is 10.6. The van der Waals surface area contributed by atoms with Crippen LogP contribution in [0.15, 0.2) is 24.3 Å². The van der Waals surface area contributed by atoms with Crippen LogP contribution in [0.25, 0.3) is 0 Å².